The number of nitro groups is 1. The van der Waals surface area contributed by atoms with Gasteiger partial charge in [0.2, 0.25) is 5.88 Å². The second kappa shape index (κ2) is 11.7. The number of likely N-dealkylation sites (N-methyl/N-ethyl adjacent to an activating group) is 1. The van der Waals surface area contributed by atoms with Crippen LogP contribution in [0, 0.1) is 27.4 Å². The number of fused-ring (bicyclic) bond motifs is 4. The van der Waals surface area contributed by atoms with Gasteiger partial charge in [0.05, 0.1) is 22.2 Å². The van der Waals surface area contributed by atoms with E-state index < -0.39 is 28.2 Å². The molecule has 2 aliphatic carbocycles. The lowest BCUT2D eigenvalue weighted by Gasteiger charge is -2.45. The molecule has 41 heavy (non-hydrogen) atoms. The highest BCUT2D eigenvalue weighted by Gasteiger charge is 2.44. The van der Waals surface area contributed by atoms with Crippen molar-refractivity contribution in [3.63, 3.8) is 0 Å². The Balaban J connectivity index is 1.57. The van der Waals surface area contributed by atoms with Crippen LogP contribution in [0.2, 0.25) is 0 Å². The Bertz CT molecular complexity index is 1550. The number of hydrogen-bond donors (Lipinski definition) is 1. The number of nitriles is 1. The van der Waals surface area contributed by atoms with Crippen LogP contribution in [-0.4, -0.2) is 40.0 Å². The van der Waals surface area contributed by atoms with Gasteiger partial charge < -0.3 is 20.1 Å². The molecule has 0 aliphatic heterocycles. The van der Waals surface area contributed by atoms with E-state index in [-0.39, 0.29) is 28.7 Å². The predicted molar refractivity (Wildman–Crippen MR) is 151 cm³/mol. The van der Waals surface area contributed by atoms with E-state index >= 15 is 0 Å². The molecule has 1 aromatic heterocycles. The Labute approximate surface area is 237 Å². The van der Waals surface area contributed by atoms with Gasteiger partial charge in [-0.2, -0.15) is 5.26 Å². The maximum atomic E-state index is 12.7. The fraction of sp³-hybridized carbons (Fsp3) is 0.333. The molecule has 11 nitrogen and oxygen atoms in total. The summed E-state index contributed by atoms with van der Waals surface area (Å²) < 4.78 is 10.6. The van der Waals surface area contributed by atoms with Crippen LogP contribution in [0.4, 0.5) is 10.5 Å². The summed E-state index contributed by atoms with van der Waals surface area (Å²) in [5.74, 6) is -0.610. The Morgan fingerprint density at radius 2 is 2.00 bits per heavy atom. The molecule has 1 aromatic carbocycles. The third-order valence-corrected chi connectivity index (χ3v) is 7.34. The van der Waals surface area contributed by atoms with Crippen molar-refractivity contribution in [3.8, 4) is 17.7 Å². The van der Waals surface area contributed by atoms with Crippen LogP contribution in [0.1, 0.15) is 50.9 Å². The number of ether oxygens (including phenoxy) is 2. The Kier molecular flexibility index (Phi) is 8.35. The topological polar surface area (TPSA) is 162 Å². The summed E-state index contributed by atoms with van der Waals surface area (Å²) >= 11 is 0. The van der Waals surface area contributed by atoms with Crippen LogP contribution in [0.25, 0.3) is 6.08 Å². The highest BCUT2D eigenvalue weighted by Crippen LogP contribution is 2.48. The fourth-order valence-corrected chi connectivity index (χ4v) is 5.61. The minimum absolute atomic E-state index is 0.00203. The molecule has 0 radical (unpaired) electrons. The third-order valence-electron chi connectivity index (χ3n) is 7.34. The number of rotatable bonds is 7. The van der Waals surface area contributed by atoms with Crippen LogP contribution in [-0.2, 0) is 16.8 Å². The lowest BCUT2D eigenvalue weighted by Crippen LogP contribution is -2.47. The molecule has 1 unspecified atom stereocenters. The monoisotopic (exact) mass is 557 g/mol. The van der Waals surface area contributed by atoms with Gasteiger partial charge in [0.1, 0.15) is 17.4 Å². The summed E-state index contributed by atoms with van der Waals surface area (Å²) in [6.07, 6.45) is 5.57. The van der Waals surface area contributed by atoms with Gasteiger partial charge in [-0.3, -0.25) is 14.9 Å². The van der Waals surface area contributed by atoms with Crippen LogP contribution < -0.4 is 15.2 Å². The number of nitrogens with two attached hydrogens (primary N) is 1. The van der Waals surface area contributed by atoms with E-state index in [1.54, 1.807) is 19.9 Å². The second-order valence-corrected chi connectivity index (χ2v) is 9.98. The molecule has 2 aliphatic rings. The van der Waals surface area contributed by atoms with Gasteiger partial charge in [0.25, 0.3) is 11.6 Å². The molecule has 2 aromatic rings. The fourth-order valence-electron chi connectivity index (χ4n) is 5.61. The average Bonchev–Trinajstić information content (AvgIpc) is 2.91. The number of aromatic nitrogens is 1. The summed E-state index contributed by atoms with van der Waals surface area (Å²) in [5, 5.41) is 21.1. The number of carbonyl (C=O) groups is 2. The summed E-state index contributed by atoms with van der Waals surface area (Å²) in [6.45, 7) is 8.36. The van der Waals surface area contributed by atoms with Gasteiger partial charge >= 0.3 is 6.16 Å². The highest BCUT2D eigenvalue weighted by atomic mass is 16.7. The number of nitrogens with zero attached hydrogens (tertiary/aromatic N) is 4. The largest absolute Gasteiger partial charge is 0.520 e. The first kappa shape index (κ1) is 29.2. The van der Waals surface area contributed by atoms with Crippen molar-refractivity contribution in [2.75, 3.05) is 13.1 Å². The van der Waals surface area contributed by atoms with Crippen molar-refractivity contribution in [2.45, 2.75) is 46.1 Å². The number of hydrogen-bond acceptors (Lipinski definition) is 9. The molecule has 1 heterocycles. The molecule has 2 N–H and O–H groups in total. The first-order chi connectivity index (χ1) is 19.5. The zero-order valence-corrected chi connectivity index (χ0v) is 23.3. The summed E-state index contributed by atoms with van der Waals surface area (Å²) in [5.41, 5.74) is 9.66. The molecule has 0 spiro atoms. The zero-order valence-electron chi connectivity index (χ0n) is 23.3. The van der Waals surface area contributed by atoms with Crippen molar-refractivity contribution < 1.29 is 24.0 Å². The number of pyridine rings is 1. The zero-order chi connectivity index (χ0) is 29.9. The van der Waals surface area contributed by atoms with Crippen LogP contribution >= 0.6 is 0 Å². The maximum absolute atomic E-state index is 12.7. The summed E-state index contributed by atoms with van der Waals surface area (Å²) in [4.78, 5) is 42.1. The van der Waals surface area contributed by atoms with Gasteiger partial charge in [-0.15, -0.1) is 0 Å². The van der Waals surface area contributed by atoms with Crippen LogP contribution in [0.3, 0.4) is 0 Å². The van der Waals surface area contributed by atoms with E-state index in [4.69, 9.17) is 15.2 Å². The standard InChI is InChI=1S/C30H31N5O6/c1-5-24-20-10-18(4)16-30(24,32)25-8-9-27(33-26(25)14-20)41-29(37)40-23-13-19(12-22(15-23)35(38)39)11-21(17-31)28(36)34(6-2)7-3/h5,8-13,15,20H,6-7,14,16,32H2,1-4H3/b21-11+,24-5?/t20-,30?/m1/s1. The van der Waals surface area contributed by atoms with Crippen molar-refractivity contribution in [2.24, 2.45) is 11.7 Å². The molecule has 4 rings (SSSR count). The lowest BCUT2D eigenvalue weighted by atomic mass is 9.63. The predicted octanol–water partition coefficient (Wildman–Crippen LogP) is 4.97. The first-order valence-corrected chi connectivity index (χ1v) is 13.3. The number of benzene rings is 1. The molecular weight excluding hydrogens is 526 g/mol. The van der Waals surface area contributed by atoms with E-state index in [9.17, 15) is 25.0 Å². The van der Waals surface area contributed by atoms with Gasteiger partial charge in [-0.25, -0.2) is 9.78 Å². The quantitative estimate of drug-likeness (QED) is 0.0942. The van der Waals surface area contributed by atoms with E-state index in [1.807, 2.05) is 13.0 Å². The third kappa shape index (κ3) is 5.88. The molecule has 11 heteroatoms. The molecule has 0 fully saturated rings. The maximum Gasteiger partial charge on any atom is 0.520 e. The molecule has 0 saturated carbocycles. The van der Waals surface area contributed by atoms with Gasteiger partial charge in [0, 0.05) is 37.6 Å². The van der Waals surface area contributed by atoms with Crippen molar-refractivity contribution >= 4 is 23.8 Å². The molecule has 2 atom stereocenters. The SMILES string of the molecule is CC=C1[C@@H]2C=C(C)CC1(N)c1ccc(OC(=O)Oc3cc(/C=C(\C#N)C(=O)N(CC)CC)cc([N+](=O)[O-])c3)nc1C2. The van der Waals surface area contributed by atoms with Crippen molar-refractivity contribution in [3.05, 3.63) is 86.1 Å². The molecule has 1 amide bonds. The molecule has 212 valence electrons. The number of carbonyl (C=O) groups excluding carboxylic acids is 2. The molecular formula is C30H31N5O6. The smallest absolute Gasteiger partial charge is 0.394 e. The summed E-state index contributed by atoms with van der Waals surface area (Å²) in [7, 11) is 0. The van der Waals surface area contributed by atoms with E-state index in [0.29, 0.717) is 25.9 Å². The molecule has 0 saturated heterocycles. The second-order valence-electron chi connectivity index (χ2n) is 9.98. The Hall–Kier alpha value is -4.82. The van der Waals surface area contributed by atoms with Crippen LogP contribution in [0.15, 0.2) is 59.2 Å². The van der Waals surface area contributed by atoms with Gasteiger partial charge in [-0.1, -0.05) is 17.7 Å². The Morgan fingerprint density at radius 3 is 2.63 bits per heavy atom. The minimum Gasteiger partial charge on any atom is -0.394 e. The normalized spacial score (nSPS) is 20.4. The van der Waals surface area contributed by atoms with Gasteiger partial charge in [-0.05, 0) is 69.0 Å². The number of allylic oxidation sites excluding steroid dienone is 2. The van der Waals surface area contributed by atoms with E-state index in [0.717, 1.165) is 22.9 Å². The minimum atomic E-state index is -1.16. The van der Waals surface area contributed by atoms with E-state index in [1.165, 1.54) is 34.7 Å². The van der Waals surface area contributed by atoms with Crippen molar-refractivity contribution in [1.82, 2.24) is 9.88 Å². The van der Waals surface area contributed by atoms with Crippen LogP contribution in [0.5, 0.6) is 11.6 Å². The van der Waals surface area contributed by atoms with E-state index in [2.05, 4.69) is 24.1 Å². The molecule has 2 bridgehead atoms. The Morgan fingerprint density at radius 1 is 1.27 bits per heavy atom. The first-order valence-electron chi connectivity index (χ1n) is 13.3. The number of amides is 1. The van der Waals surface area contributed by atoms with Crippen molar-refractivity contribution in [1.29, 1.82) is 5.26 Å². The average molecular weight is 558 g/mol. The number of non-ortho nitro benzene ring substituents is 1. The lowest BCUT2D eigenvalue weighted by molar-refractivity contribution is -0.384. The highest BCUT2D eigenvalue weighted by molar-refractivity contribution is 6.01. The summed E-state index contributed by atoms with van der Waals surface area (Å²) in [6, 6.07) is 8.69. The number of nitro benzene ring substituents is 1. The van der Waals surface area contributed by atoms with Gasteiger partial charge in [0.15, 0.2) is 0 Å².